The zero-order valence-corrected chi connectivity index (χ0v) is 18.3. The molecule has 0 aliphatic heterocycles. The smallest absolute Gasteiger partial charge is 0.420 e. The molecule has 0 saturated heterocycles. The second kappa shape index (κ2) is 7.53. The average molecular weight is 496 g/mol. The Kier molecular flexibility index (Phi) is 5.46. The Morgan fingerprint density at radius 2 is 1.82 bits per heavy atom. The van der Waals surface area contributed by atoms with Crippen molar-refractivity contribution in [2.75, 3.05) is 0 Å². The van der Waals surface area contributed by atoms with Crippen molar-refractivity contribution in [3.05, 3.63) is 55.0 Å². The molecule has 0 N–H and O–H groups in total. The zero-order valence-electron chi connectivity index (χ0n) is 16.1. The number of hydrogen-bond donors (Lipinski definition) is 0. The molecule has 2 aromatic heterocycles. The zero-order chi connectivity index (χ0) is 20.6. The van der Waals surface area contributed by atoms with Gasteiger partial charge >= 0.3 is 11.8 Å². The van der Waals surface area contributed by atoms with Crippen molar-refractivity contribution in [1.82, 2.24) is 18.7 Å². The molecule has 148 valence electrons. The molecule has 0 amide bonds. The molecular formula is C19H21IN4O4. The Labute approximate surface area is 174 Å². The third-order valence-electron chi connectivity index (χ3n) is 3.95. The van der Waals surface area contributed by atoms with Gasteiger partial charge in [0.2, 0.25) is 0 Å². The molecule has 1 aromatic carbocycles. The van der Waals surface area contributed by atoms with Gasteiger partial charge in [0.15, 0.2) is 11.2 Å². The van der Waals surface area contributed by atoms with E-state index in [0.717, 1.165) is 12.7 Å². The summed E-state index contributed by atoms with van der Waals surface area (Å²) in [5.41, 5.74) is -1.22. The van der Waals surface area contributed by atoms with Gasteiger partial charge in [-0.3, -0.25) is 9.36 Å². The van der Waals surface area contributed by atoms with Crippen LogP contribution in [0.2, 0.25) is 0 Å². The van der Waals surface area contributed by atoms with E-state index in [1.165, 1.54) is 10.9 Å². The maximum Gasteiger partial charge on any atom is 0.420 e. The second-order valence-electron chi connectivity index (χ2n) is 7.32. The van der Waals surface area contributed by atoms with E-state index in [9.17, 15) is 14.4 Å². The van der Waals surface area contributed by atoms with Gasteiger partial charge in [0, 0.05) is 10.1 Å². The van der Waals surface area contributed by atoms with Crippen LogP contribution in [0, 0.1) is 3.57 Å². The molecule has 0 radical (unpaired) electrons. The van der Waals surface area contributed by atoms with Gasteiger partial charge in [0.05, 0.1) is 5.69 Å². The van der Waals surface area contributed by atoms with Gasteiger partial charge in [0.1, 0.15) is 11.9 Å². The number of carbonyl (C=O) groups is 1. The fourth-order valence-electron chi connectivity index (χ4n) is 2.83. The first-order valence-electron chi connectivity index (χ1n) is 8.86. The predicted molar refractivity (Wildman–Crippen MR) is 114 cm³/mol. The number of aromatic nitrogens is 4. The number of aryl methyl sites for hydroxylation is 1. The molecule has 9 heteroatoms. The van der Waals surface area contributed by atoms with E-state index in [4.69, 9.17) is 4.74 Å². The number of fused-ring (bicyclic) bond motifs is 1. The first-order chi connectivity index (χ1) is 13.1. The fraction of sp³-hybridized carbons (Fsp3) is 0.368. The van der Waals surface area contributed by atoms with Gasteiger partial charge in [-0.25, -0.2) is 23.7 Å². The van der Waals surface area contributed by atoms with Crippen LogP contribution in [0.4, 0.5) is 4.79 Å². The van der Waals surface area contributed by atoms with Crippen LogP contribution in [0.5, 0.6) is 0 Å². The summed E-state index contributed by atoms with van der Waals surface area (Å²) in [6.45, 7) is 7.50. The molecule has 0 atom stereocenters. The molecule has 0 saturated carbocycles. The minimum Gasteiger partial charge on any atom is -0.443 e. The number of ether oxygens (including phenoxy) is 1. The number of imidazole rings is 1. The van der Waals surface area contributed by atoms with Crippen molar-refractivity contribution in [2.45, 2.75) is 46.3 Å². The van der Waals surface area contributed by atoms with Crippen molar-refractivity contribution in [3.8, 4) is 5.69 Å². The second-order valence-corrected chi connectivity index (χ2v) is 8.56. The van der Waals surface area contributed by atoms with E-state index in [1.54, 1.807) is 45.0 Å². The van der Waals surface area contributed by atoms with Crippen molar-refractivity contribution >= 4 is 39.8 Å². The van der Waals surface area contributed by atoms with Crippen molar-refractivity contribution < 1.29 is 9.53 Å². The molecule has 8 nitrogen and oxygen atoms in total. The summed E-state index contributed by atoms with van der Waals surface area (Å²) < 4.78 is 9.90. The largest absolute Gasteiger partial charge is 0.443 e. The number of carbonyl (C=O) groups excluding carboxylic acids is 1. The normalized spacial score (nSPS) is 11.8. The summed E-state index contributed by atoms with van der Waals surface area (Å²) in [5, 5.41) is 0. The highest BCUT2D eigenvalue weighted by Crippen LogP contribution is 2.14. The maximum atomic E-state index is 13.2. The quantitative estimate of drug-likeness (QED) is 0.520. The summed E-state index contributed by atoms with van der Waals surface area (Å²) >= 11 is 2.15. The number of halogens is 1. The Morgan fingerprint density at radius 3 is 2.39 bits per heavy atom. The van der Waals surface area contributed by atoms with Gasteiger partial charge in [-0.05, 0) is 74.0 Å². The molecule has 3 aromatic rings. The van der Waals surface area contributed by atoms with E-state index in [2.05, 4.69) is 27.6 Å². The number of benzene rings is 1. The lowest BCUT2D eigenvalue weighted by Crippen LogP contribution is -2.40. The summed E-state index contributed by atoms with van der Waals surface area (Å²) in [4.78, 5) is 43.0. The molecule has 0 spiro atoms. The average Bonchev–Trinajstić information content (AvgIpc) is 3.04. The Morgan fingerprint density at radius 1 is 1.18 bits per heavy atom. The molecule has 0 bridgehead atoms. The standard InChI is InChI=1S/C19H21IN4O4/c1-5-10-22-15-14(23(11-21-15)18(27)28-19(2,3)4)16(25)24(17(22)26)13-8-6-12(20)7-9-13/h6-9,11H,5,10H2,1-4H3. The molecule has 3 rings (SSSR count). The van der Waals surface area contributed by atoms with Crippen LogP contribution < -0.4 is 11.2 Å². The first-order valence-corrected chi connectivity index (χ1v) is 9.94. The van der Waals surface area contributed by atoms with Gasteiger partial charge in [-0.2, -0.15) is 0 Å². The lowest BCUT2D eigenvalue weighted by molar-refractivity contribution is 0.0543. The minimum absolute atomic E-state index is 0.0147. The number of rotatable bonds is 3. The van der Waals surface area contributed by atoms with Gasteiger partial charge < -0.3 is 4.74 Å². The van der Waals surface area contributed by atoms with Crippen molar-refractivity contribution in [3.63, 3.8) is 0 Å². The number of hydrogen-bond acceptors (Lipinski definition) is 5. The topological polar surface area (TPSA) is 88.1 Å². The van der Waals surface area contributed by atoms with Crippen LogP contribution in [-0.2, 0) is 11.3 Å². The highest BCUT2D eigenvalue weighted by Gasteiger charge is 2.24. The molecule has 2 heterocycles. The summed E-state index contributed by atoms with van der Waals surface area (Å²) in [6.07, 6.45) is 1.17. The van der Waals surface area contributed by atoms with Crippen LogP contribution in [0.1, 0.15) is 34.1 Å². The molecule has 0 fully saturated rings. The maximum absolute atomic E-state index is 13.2. The van der Waals surface area contributed by atoms with E-state index in [-0.39, 0.29) is 11.2 Å². The van der Waals surface area contributed by atoms with Gasteiger partial charge in [-0.15, -0.1) is 0 Å². The Hall–Kier alpha value is -2.43. The Bertz CT molecular complexity index is 1150. The minimum atomic E-state index is -0.735. The van der Waals surface area contributed by atoms with E-state index in [0.29, 0.717) is 18.7 Å². The van der Waals surface area contributed by atoms with Gasteiger partial charge in [-0.1, -0.05) is 6.92 Å². The summed E-state index contributed by atoms with van der Waals surface area (Å²) in [6, 6.07) is 7.00. The third-order valence-corrected chi connectivity index (χ3v) is 4.67. The first kappa shape index (κ1) is 20.3. The third kappa shape index (κ3) is 3.75. The van der Waals surface area contributed by atoms with E-state index >= 15 is 0 Å². The molecule has 0 unspecified atom stereocenters. The monoisotopic (exact) mass is 496 g/mol. The number of nitrogens with zero attached hydrogens (tertiary/aromatic N) is 4. The van der Waals surface area contributed by atoms with Crippen molar-refractivity contribution in [1.29, 1.82) is 0 Å². The van der Waals surface area contributed by atoms with Crippen LogP contribution in [-0.4, -0.2) is 30.4 Å². The molecular weight excluding hydrogens is 475 g/mol. The summed E-state index contributed by atoms with van der Waals surface area (Å²) in [5.74, 6) is 0. The lowest BCUT2D eigenvalue weighted by atomic mass is 10.2. The van der Waals surface area contributed by atoms with E-state index < -0.39 is 22.9 Å². The van der Waals surface area contributed by atoms with Crippen molar-refractivity contribution in [2.24, 2.45) is 0 Å². The van der Waals surface area contributed by atoms with Crippen LogP contribution >= 0.6 is 22.6 Å². The van der Waals surface area contributed by atoms with Crippen LogP contribution in [0.3, 0.4) is 0 Å². The fourth-order valence-corrected chi connectivity index (χ4v) is 3.19. The molecule has 28 heavy (non-hydrogen) atoms. The predicted octanol–water partition coefficient (Wildman–Crippen LogP) is 3.15. The van der Waals surface area contributed by atoms with E-state index in [1.807, 2.05) is 6.92 Å². The Balaban J connectivity index is 2.34. The van der Waals surface area contributed by atoms with Crippen LogP contribution in [0.25, 0.3) is 16.9 Å². The SMILES string of the molecule is CCCn1c(=O)n(-c2ccc(I)cc2)c(=O)c2c1ncn2C(=O)OC(C)(C)C. The summed E-state index contributed by atoms with van der Waals surface area (Å²) in [7, 11) is 0. The highest BCUT2D eigenvalue weighted by molar-refractivity contribution is 14.1. The lowest BCUT2D eigenvalue weighted by Gasteiger charge is -2.19. The molecule has 0 aliphatic carbocycles. The highest BCUT2D eigenvalue weighted by atomic mass is 127. The van der Waals surface area contributed by atoms with Crippen LogP contribution in [0.15, 0.2) is 40.2 Å². The molecule has 0 aliphatic rings. The van der Waals surface area contributed by atoms with Gasteiger partial charge in [0.25, 0.3) is 5.56 Å².